The van der Waals surface area contributed by atoms with E-state index >= 15 is 0 Å². The van der Waals surface area contributed by atoms with Gasteiger partial charge in [0.05, 0.1) is 12.4 Å². The Balaban J connectivity index is 1.94. The van der Waals surface area contributed by atoms with Crippen LogP contribution < -0.4 is 14.8 Å². The summed E-state index contributed by atoms with van der Waals surface area (Å²) in [5.41, 5.74) is 1.28. The largest absolute Gasteiger partial charge is 0.493 e. The zero-order chi connectivity index (χ0) is 16.9. The van der Waals surface area contributed by atoms with Gasteiger partial charge in [0.1, 0.15) is 5.75 Å². The summed E-state index contributed by atoms with van der Waals surface area (Å²) in [6.45, 7) is 8.08. The summed E-state index contributed by atoms with van der Waals surface area (Å²) in [6.07, 6.45) is 0.791. The minimum absolute atomic E-state index is 0.0591. The first-order chi connectivity index (χ1) is 10.9. The molecule has 0 amide bonds. The fourth-order valence-corrected chi connectivity index (χ4v) is 3.66. The Morgan fingerprint density at radius 2 is 2.00 bits per heavy atom. The second kappa shape index (κ2) is 8.13. The summed E-state index contributed by atoms with van der Waals surface area (Å²) in [5.74, 6) is 1.58. The normalized spacial score (nSPS) is 22.3. The molecule has 1 heterocycles. The maximum absolute atomic E-state index is 11.8. The van der Waals surface area contributed by atoms with Crippen LogP contribution in [-0.2, 0) is 10.0 Å². The number of hydrogen-bond donors (Lipinski definition) is 2. The quantitative estimate of drug-likeness (QED) is 0.798. The van der Waals surface area contributed by atoms with E-state index in [1.807, 2.05) is 12.1 Å². The Bertz CT molecular complexity index is 584. The molecule has 2 rings (SSSR count). The average Bonchev–Trinajstić information content (AvgIpc) is 2.54. The highest BCUT2D eigenvalue weighted by atomic mass is 32.2. The molecule has 2 N–H and O–H groups in total. The van der Waals surface area contributed by atoms with Crippen LogP contribution in [0.1, 0.15) is 38.7 Å². The number of nitrogens with one attached hydrogen (secondary N) is 2. The number of sulfonamides is 1. The van der Waals surface area contributed by atoms with Gasteiger partial charge in [0, 0.05) is 18.5 Å². The van der Waals surface area contributed by atoms with Gasteiger partial charge in [-0.2, -0.15) is 0 Å². The van der Waals surface area contributed by atoms with E-state index in [0.717, 1.165) is 25.3 Å². The molecule has 0 aromatic heterocycles. The molecule has 0 unspecified atom stereocenters. The zero-order valence-corrected chi connectivity index (χ0v) is 15.0. The van der Waals surface area contributed by atoms with E-state index in [9.17, 15) is 8.42 Å². The number of piperidine rings is 1. The smallest absolute Gasteiger partial charge is 0.211 e. The van der Waals surface area contributed by atoms with E-state index in [-0.39, 0.29) is 17.7 Å². The van der Waals surface area contributed by atoms with Crippen LogP contribution in [0.15, 0.2) is 24.3 Å². The molecule has 1 aromatic carbocycles. The van der Waals surface area contributed by atoms with Gasteiger partial charge in [0.15, 0.2) is 0 Å². The lowest BCUT2D eigenvalue weighted by Gasteiger charge is -2.32. The van der Waals surface area contributed by atoms with Crippen molar-refractivity contribution in [3.05, 3.63) is 29.8 Å². The van der Waals surface area contributed by atoms with Crippen molar-refractivity contribution in [2.24, 2.45) is 5.92 Å². The number of rotatable bonds is 7. The van der Waals surface area contributed by atoms with Crippen LogP contribution in [0.4, 0.5) is 0 Å². The van der Waals surface area contributed by atoms with E-state index in [1.54, 1.807) is 6.92 Å². The van der Waals surface area contributed by atoms with E-state index in [4.69, 9.17) is 4.74 Å². The molecule has 0 saturated carbocycles. The van der Waals surface area contributed by atoms with E-state index in [2.05, 4.69) is 36.0 Å². The zero-order valence-electron chi connectivity index (χ0n) is 14.2. The Labute approximate surface area is 139 Å². The minimum Gasteiger partial charge on any atom is -0.493 e. The van der Waals surface area contributed by atoms with Gasteiger partial charge in [-0.25, -0.2) is 13.1 Å². The number of benzene rings is 1. The Morgan fingerprint density at radius 3 is 2.61 bits per heavy atom. The van der Waals surface area contributed by atoms with Crippen molar-refractivity contribution in [3.63, 3.8) is 0 Å². The van der Waals surface area contributed by atoms with Gasteiger partial charge in [0.2, 0.25) is 10.0 Å². The fourth-order valence-electron chi connectivity index (χ4n) is 2.72. The van der Waals surface area contributed by atoms with Crippen molar-refractivity contribution in [2.45, 2.75) is 39.2 Å². The highest BCUT2D eigenvalue weighted by Crippen LogP contribution is 2.20. The van der Waals surface area contributed by atoms with Crippen molar-refractivity contribution >= 4 is 10.0 Å². The molecule has 0 spiro atoms. The Morgan fingerprint density at radius 1 is 1.30 bits per heavy atom. The first-order valence-electron chi connectivity index (χ1n) is 8.34. The fraction of sp³-hybridized carbons (Fsp3) is 0.647. The monoisotopic (exact) mass is 340 g/mol. The van der Waals surface area contributed by atoms with Crippen LogP contribution in [0, 0.1) is 5.92 Å². The molecular weight excluding hydrogens is 312 g/mol. The predicted octanol–water partition coefficient (Wildman–Crippen LogP) is 2.11. The van der Waals surface area contributed by atoms with Gasteiger partial charge in [-0.15, -0.1) is 0 Å². The van der Waals surface area contributed by atoms with Crippen molar-refractivity contribution in [3.8, 4) is 5.75 Å². The van der Waals surface area contributed by atoms with E-state index in [0.29, 0.717) is 12.5 Å². The lowest BCUT2D eigenvalue weighted by atomic mass is 9.95. The third-order valence-corrected chi connectivity index (χ3v) is 5.75. The second-order valence-electron chi connectivity index (χ2n) is 6.42. The third-order valence-electron chi connectivity index (χ3n) is 4.33. The predicted molar refractivity (Wildman–Crippen MR) is 93.4 cm³/mol. The van der Waals surface area contributed by atoms with Crippen molar-refractivity contribution in [1.82, 2.24) is 10.0 Å². The van der Waals surface area contributed by atoms with Crippen molar-refractivity contribution in [2.75, 3.05) is 25.4 Å². The topological polar surface area (TPSA) is 67.4 Å². The molecule has 23 heavy (non-hydrogen) atoms. The molecule has 1 aliphatic rings. The van der Waals surface area contributed by atoms with Crippen LogP contribution in [-0.4, -0.2) is 39.9 Å². The summed E-state index contributed by atoms with van der Waals surface area (Å²) in [5, 5.41) is 3.31. The minimum atomic E-state index is -3.18. The summed E-state index contributed by atoms with van der Waals surface area (Å²) < 4.78 is 32.3. The standard InChI is InChI=1S/C17H28N2O3S/c1-4-23(20,21)19-17-9-10-18-11-15(17)12-22-16-7-5-14(6-8-16)13(2)3/h5-8,13,15,17-19H,4,9-12H2,1-3H3/t15-,17-/m1/s1. The van der Waals surface area contributed by atoms with Gasteiger partial charge < -0.3 is 10.1 Å². The van der Waals surface area contributed by atoms with Crippen LogP contribution in [0.3, 0.4) is 0 Å². The molecule has 0 aliphatic carbocycles. The molecule has 1 fully saturated rings. The molecule has 1 aliphatic heterocycles. The first-order valence-corrected chi connectivity index (χ1v) is 10.00. The van der Waals surface area contributed by atoms with Crippen LogP contribution in [0.5, 0.6) is 5.75 Å². The SMILES string of the molecule is CCS(=O)(=O)N[C@@H]1CCNC[C@@H]1COc1ccc(C(C)C)cc1. The summed E-state index contributed by atoms with van der Waals surface area (Å²) in [7, 11) is -3.18. The summed E-state index contributed by atoms with van der Waals surface area (Å²) in [4.78, 5) is 0. The van der Waals surface area contributed by atoms with Gasteiger partial charge in [-0.05, 0) is 43.5 Å². The highest BCUT2D eigenvalue weighted by Gasteiger charge is 2.28. The highest BCUT2D eigenvalue weighted by molar-refractivity contribution is 7.89. The lowest BCUT2D eigenvalue weighted by Crippen LogP contribution is -2.51. The first kappa shape index (κ1) is 18.2. The molecule has 1 aromatic rings. The molecule has 6 heteroatoms. The van der Waals surface area contributed by atoms with Gasteiger partial charge in [-0.1, -0.05) is 26.0 Å². The second-order valence-corrected chi connectivity index (χ2v) is 8.46. The molecule has 0 bridgehead atoms. The van der Waals surface area contributed by atoms with E-state index < -0.39 is 10.0 Å². The number of ether oxygens (including phenoxy) is 1. The molecule has 1 saturated heterocycles. The third kappa shape index (κ3) is 5.48. The Hall–Kier alpha value is -1.11. The lowest BCUT2D eigenvalue weighted by molar-refractivity contribution is 0.191. The summed E-state index contributed by atoms with van der Waals surface area (Å²) in [6, 6.07) is 8.07. The maximum Gasteiger partial charge on any atom is 0.211 e. The average molecular weight is 340 g/mol. The number of hydrogen-bond acceptors (Lipinski definition) is 4. The van der Waals surface area contributed by atoms with E-state index in [1.165, 1.54) is 5.56 Å². The van der Waals surface area contributed by atoms with Crippen LogP contribution >= 0.6 is 0 Å². The Kier molecular flexibility index (Phi) is 6.44. The maximum atomic E-state index is 11.8. The van der Waals surface area contributed by atoms with Gasteiger partial charge in [-0.3, -0.25) is 0 Å². The molecule has 2 atom stereocenters. The van der Waals surface area contributed by atoms with Crippen LogP contribution in [0.25, 0.3) is 0 Å². The van der Waals surface area contributed by atoms with Gasteiger partial charge >= 0.3 is 0 Å². The van der Waals surface area contributed by atoms with Gasteiger partial charge in [0.25, 0.3) is 0 Å². The van der Waals surface area contributed by atoms with Crippen molar-refractivity contribution < 1.29 is 13.2 Å². The van der Waals surface area contributed by atoms with Crippen LogP contribution in [0.2, 0.25) is 0 Å². The molecule has 130 valence electrons. The molecule has 0 radical (unpaired) electrons. The molecule has 5 nitrogen and oxygen atoms in total. The van der Waals surface area contributed by atoms with Crippen molar-refractivity contribution in [1.29, 1.82) is 0 Å². The summed E-state index contributed by atoms with van der Waals surface area (Å²) >= 11 is 0. The molecular formula is C17H28N2O3S.